The summed E-state index contributed by atoms with van der Waals surface area (Å²) in [6.45, 7) is 2.56. The Labute approximate surface area is 137 Å². The summed E-state index contributed by atoms with van der Waals surface area (Å²) in [4.78, 5) is 22.4. The van der Waals surface area contributed by atoms with Crippen LogP contribution in [0.5, 0.6) is 0 Å². The van der Waals surface area contributed by atoms with Gasteiger partial charge in [0.25, 0.3) is 0 Å². The number of benzene rings is 1. The molecule has 3 aromatic rings. The van der Waals surface area contributed by atoms with Crippen molar-refractivity contribution in [1.82, 2.24) is 15.3 Å². The Balaban J connectivity index is 1.89. The molecular formula is C16H15N3OS2. The van der Waals surface area contributed by atoms with Crippen molar-refractivity contribution < 1.29 is 4.79 Å². The molecule has 0 aliphatic rings. The van der Waals surface area contributed by atoms with Crippen molar-refractivity contribution in [3.05, 3.63) is 42.7 Å². The molecule has 0 saturated carbocycles. The van der Waals surface area contributed by atoms with E-state index in [0.29, 0.717) is 12.3 Å². The summed E-state index contributed by atoms with van der Waals surface area (Å²) < 4.78 is 0. The van der Waals surface area contributed by atoms with Gasteiger partial charge in [-0.05, 0) is 18.6 Å². The summed E-state index contributed by atoms with van der Waals surface area (Å²) in [5.41, 5.74) is 1.17. The fourth-order valence-electron chi connectivity index (χ4n) is 2.08. The maximum atomic E-state index is 11.6. The number of thiophene rings is 1. The van der Waals surface area contributed by atoms with Gasteiger partial charge < -0.3 is 5.32 Å². The smallest absolute Gasteiger partial charge is 0.230 e. The second-order valence-corrected chi connectivity index (χ2v) is 6.61. The van der Waals surface area contributed by atoms with Gasteiger partial charge in [0, 0.05) is 16.8 Å². The molecule has 1 amide bonds. The van der Waals surface area contributed by atoms with Gasteiger partial charge in [-0.2, -0.15) is 0 Å². The number of nitrogens with zero attached hydrogens (tertiary/aromatic N) is 2. The Morgan fingerprint density at radius 1 is 1.27 bits per heavy atom. The topological polar surface area (TPSA) is 54.9 Å². The highest BCUT2D eigenvalue weighted by Gasteiger charge is 2.11. The number of carbonyl (C=O) groups excluding carboxylic acids is 1. The molecule has 0 spiro atoms. The highest BCUT2D eigenvalue weighted by molar-refractivity contribution is 8.00. The van der Waals surface area contributed by atoms with Gasteiger partial charge in [-0.15, -0.1) is 11.3 Å². The zero-order chi connectivity index (χ0) is 15.4. The Morgan fingerprint density at radius 3 is 2.86 bits per heavy atom. The van der Waals surface area contributed by atoms with E-state index in [1.807, 2.05) is 25.1 Å². The molecule has 0 bridgehead atoms. The molecule has 3 rings (SSSR count). The molecule has 22 heavy (non-hydrogen) atoms. The average molecular weight is 329 g/mol. The summed E-state index contributed by atoms with van der Waals surface area (Å²) in [5.74, 6) is 0.397. The van der Waals surface area contributed by atoms with Crippen LogP contribution in [0.15, 0.2) is 47.8 Å². The second kappa shape index (κ2) is 6.89. The van der Waals surface area contributed by atoms with E-state index in [9.17, 15) is 4.79 Å². The first kappa shape index (κ1) is 15.0. The molecule has 1 aromatic carbocycles. The number of hydrogen-bond donors (Lipinski definition) is 1. The van der Waals surface area contributed by atoms with Gasteiger partial charge in [-0.1, -0.05) is 42.1 Å². The highest BCUT2D eigenvalue weighted by Crippen LogP contribution is 2.35. The van der Waals surface area contributed by atoms with Gasteiger partial charge in [-0.25, -0.2) is 9.97 Å². The SMILES string of the molecule is CCNC(=O)CSc1ncnc2sc(-c3ccccc3)cc12. The molecule has 2 heterocycles. The summed E-state index contributed by atoms with van der Waals surface area (Å²) in [5, 5.41) is 4.67. The highest BCUT2D eigenvalue weighted by atomic mass is 32.2. The number of aromatic nitrogens is 2. The van der Waals surface area contributed by atoms with Crippen LogP contribution in [0.4, 0.5) is 0 Å². The van der Waals surface area contributed by atoms with Crippen LogP contribution in [0, 0.1) is 0 Å². The lowest BCUT2D eigenvalue weighted by atomic mass is 10.2. The third kappa shape index (κ3) is 3.28. The van der Waals surface area contributed by atoms with Crippen molar-refractivity contribution in [3.8, 4) is 10.4 Å². The lowest BCUT2D eigenvalue weighted by Crippen LogP contribution is -2.24. The predicted octanol–water partition coefficient (Wildman–Crippen LogP) is 3.59. The molecule has 2 aromatic heterocycles. The Hall–Kier alpha value is -1.92. The average Bonchev–Trinajstić information content (AvgIpc) is 2.99. The lowest BCUT2D eigenvalue weighted by Gasteiger charge is -2.02. The maximum Gasteiger partial charge on any atom is 0.230 e. The first-order chi connectivity index (χ1) is 10.8. The largest absolute Gasteiger partial charge is 0.356 e. The molecule has 0 aliphatic carbocycles. The third-order valence-corrected chi connectivity index (χ3v) is 5.16. The fourth-order valence-corrected chi connectivity index (χ4v) is 3.95. The van der Waals surface area contributed by atoms with Crippen LogP contribution in [-0.2, 0) is 4.79 Å². The van der Waals surface area contributed by atoms with Crippen LogP contribution in [-0.4, -0.2) is 28.2 Å². The third-order valence-electron chi connectivity index (χ3n) is 3.07. The zero-order valence-electron chi connectivity index (χ0n) is 12.1. The summed E-state index contributed by atoms with van der Waals surface area (Å²) in [7, 11) is 0. The normalized spacial score (nSPS) is 10.8. The number of hydrogen-bond acceptors (Lipinski definition) is 5. The second-order valence-electron chi connectivity index (χ2n) is 4.62. The van der Waals surface area contributed by atoms with Gasteiger partial charge in [0.1, 0.15) is 16.2 Å². The van der Waals surface area contributed by atoms with Crippen LogP contribution >= 0.6 is 23.1 Å². The molecule has 6 heteroatoms. The van der Waals surface area contributed by atoms with E-state index in [1.54, 1.807) is 17.7 Å². The van der Waals surface area contributed by atoms with E-state index >= 15 is 0 Å². The Kier molecular flexibility index (Phi) is 4.70. The molecule has 0 aliphatic heterocycles. The monoisotopic (exact) mass is 329 g/mol. The van der Waals surface area contributed by atoms with Gasteiger partial charge in [0.2, 0.25) is 5.91 Å². The quantitative estimate of drug-likeness (QED) is 0.574. The molecule has 0 radical (unpaired) electrons. The molecule has 4 nitrogen and oxygen atoms in total. The van der Waals surface area contributed by atoms with Crippen LogP contribution < -0.4 is 5.32 Å². The number of amides is 1. The van der Waals surface area contributed by atoms with E-state index < -0.39 is 0 Å². The first-order valence-corrected chi connectivity index (χ1v) is 8.77. The minimum absolute atomic E-state index is 0.0257. The number of fused-ring (bicyclic) bond motifs is 1. The van der Waals surface area contributed by atoms with Crippen molar-refractivity contribution in [2.45, 2.75) is 11.9 Å². The van der Waals surface area contributed by atoms with Crippen molar-refractivity contribution in [2.24, 2.45) is 0 Å². The minimum atomic E-state index is 0.0257. The summed E-state index contributed by atoms with van der Waals surface area (Å²) in [6, 6.07) is 12.3. The number of carbonyl (C=O) groups is 1. The van der Waals surface area contributed by atoms with E-state index in [2.05, 4.69) is 33.5 Å². The molecule has 0 saturated heterocycles. The molecular weight excluding hydrogens is 314 g/mol. The van der Waals surface area contributed by atoms with E-state index in [0.717, 1.165) is 20.1 Å². The Morgan fingerprint density at radius 2 is 2.09 bits per heavy atom. The van der Waals surface area contributed by atoms with Crippen molar-refractivity contribution in [2.75, 3.05) is 12.3 Å². The molecule has 0 fully saturated rings. The predicted molar refractivity (Wildman–Crippen MR) is 92.3 cm³/mol. The lowest BCUT2D eigenvalue weighted by molar-refractivity contribution is -0.118. The summed E-state index contributed by atoms with van der Waals surface area (Å²) in [6.07, 6.45) is 1.56. The van der Waals surface area contributed by atoms with Crippen molar-refractivity contribution >= 4 is 39.2 Å². The Bertz CT molecular complexity index is 786. The number of rotatable bonds is 5. The van der Waals surface area contributed by atoms with Crippen LogP contribution in [0.1, 0.15) is 6.92 Å². The van der Waals surface area contributed by atoms with Gasteiger partial charge in [0.05, 0.1) is 5.75 Å². The van der Waals surface area contributed by atoms with Crippen molar-refractivity contribution in [1.29, 1.82) is 0 Å². The summed E-state index contributed by atoms with van der Waals surface area (Å²) >= 11 is 3.09. The van der Waals surface area contributed by atoms with E-state index in [1.165, 1.54) is 17.3 Å². The molecule has 1 N–H and O–H groups in total. The minimum Gasteiger partial charge on any atom is -0.356 e. The van der Waals surface area contributed by atoms with Gasteiger partial charge >= 0.3 is 0 Å². The van der Waals surface area contributed by atoms with Crippen LogP contribution in [0.3, 0.4) is 0 Å². The molecule has 0 atom stereocenters. The molecule has 112 valence electrons. The zero-order valence-corrected chi connectivity index (χ0v) is 13.7. The van der Waals surface area contributed by atoms with E-state index in [-0.39, 0.29) is 5.91 Å². The first-order valence-electron chi connectivity index (χ1n) is 6.97. The maximum absolute atomic E-state index is 11.6. The van der Waals surface area contributed by atoms with Crippen molar-refractivity contribution in [3.63, 3.8) is 0 Å². The van der Waals surface area contributed by atoms with E-state index in [4.69, 9.17) is 0 Å². The van der Waals surface area contributed by atoms with Crippen LogP contribution in [0.25, 0.3) is 20.7 Å². The van der Waals surface area contributed by atoms with Crippen LogP contribution in [0.2, 0.25) is 0 Å². The van der Waals surface area contributed by atoms with Gasteiger partial charge in [-0.3, -0.25) is 4.79 Å². The standard InChI is InChI=1S/C16H15N3OS2/c1-2-17-14(20)9-21-15-12-8-13(11-6-4-3-5-7-11)22-16(12)19-10-18-15/h3-8,10H,2,9H2,1H3,(H,17,20). The number of nitrogens with one attached hydrogen (secondary N) is 1. The fraction of sp³-hybridized carbons (Fsp3) is 0.188. The molecule has 0 unspecified atom stereocenters. The van der Waals surface area contributed by atoms with Gasteiger partial charge in [0.15, 0.2) is 0 Å². The number of thioether (sulfide) groups is 1.